The number of aliphatic hydroxyl groups is 1. The minimum Gasteiger partial charge on any atom is -0.462 e. The van der Waals surface area contributed by atoms with Gasteiger partial charge in [0.1, 0.15) is 19.3 Å². The van der Waals surface area contributed by atoms with Crippen LogP contribution < -0.4 is 0 Å². The third kappa shape index (κ3) is 80.5. The van der Waals surface area contributed by atoms with Gasteiger partial charge >= 0.3 is 39.5 Å². The third-order valence-electron chi connectivity index (χ3n) is 21.0. The fourth-order valence-corrected chi connectivity index (χ4v) is 15.3. The molecule has 0 aromatic carbocycles. The summed E-state index contributed by atoms with van der Waals surface area (Å²) >= 11 is 0. The Labute approximate surface area is 658 Å². The molecule has 3 unspecified atom stereocenters. The van der Waals surface area contributed by atoms with Crippen LogP contribution in [0, 0.1) is 17.8 Å². The zero-order valence-corrected chi connectivity index (χ0v) is 72.4. The van der Waals surface area contributed by atoms with Gasteiger partial charge in [-0.1, -0.05) is 414 Å². The van der Waals surface area contributed by atoms with Crippen LogP contribution in [0.15, 0.2) is 0 Å². The van der Waals surface area contributed by atoms with Crippen LogP contribution in [0.5, 0.6) is 0 Å². The standard InChI is InChI=1S/C88H172O17P2/c1-8-10-11-12-13-14-15-16-17-18-19-20-24-27-30-35-40-48-55-62-69-85(90)98-75-83(104-87(92)71-64-57-50-41-36-31-28-25-22-21-23-26-29-33-38-45-52-59-66-79(3)4)77-102-106(94,95)100-73-82(89)74-101-107(96,97)103-78-84(76-99-86(91)70-63-56-49-44-43-47-54-61-68-81(7)9-2)105-88(93)72-65-58-51-42-37-32-34-39-46-53-60-67-80(5)6/h79-84,89H,8-78H2,1-7H3,(H,94,95)(H,96,97)/t81?,82-,83-,84-/m1/s1. The summed E-state index contributed by atoms with van der Waals surface area (Å²) in [7, 11) is -9.93. The van der Waals surface area contributed by atoms with Crippen molar-refractivity contribution in [2.24, 2.45) is 17.8 Å². The zero-order chi connectivity index (χ0) is 78.6. The number of phosphoric ester groups is 2. The molecule has 19 heteroatoms. The molecule has 0 aromatic rings. The Morgan fingerprint density at radius 2 is 0.477 bits per heavy atom. The molecule has 0 aliphatic heterocycles. The van der Waals surface area contributed by atoms with Gasteiger partial charge in [-0.25, -0.2) is 9.13 Å². The number of unbranched alkanes of at least 4 members (excludes halogenated alkanes) is 53. The number of rotatable bonds is 86. The van der Waals surface area contributed by atoms with E-state index >= 15 is 0 Å². The second kappa shape index (κ2) is 78.0. The predicted octanol–water partition coefficient (Wildman–Crippen LogP) is 26.9. The summed E-state index contributed by atoms with van der Waals surface area (Å²) in [6, 6.07) is 0. The van der Waals surface area contributed by atoms with E-state index in [4.69, 9.17) is 37.0 Å². The SMILES string of the molecule is CCCCCCCCCCCCCCCCCCCCCCC(=O)OC[C@H](COP(=O)(O)OC[C@@H](O)COP(=O)(O)OC[C@@H](COC(=O)CCCCCCCCCCC(C)CC)OC(=O)CCCCCCCCCCCCCC(C)C)OC(=O)CCCCCCCCCCCCCCCCCCCCC(C)C. The molecule has 0 saturated heterocycles. The minimum absolute atomic E-state index is 0.106. The topological polar surface area (TPSA) is 237 Å². The predicted molar refractivity (Wildman–Crippen MR) is 441 cm³/mol. The van der Waals surface area contributed by atoms with Crippen molar-refractivity contribution >= 4 is 39.5 Å². The Morgan fingerprint density at radius 3 is 0.710 bits per heavy atom. The summed E-state index contributed by atoms with van der Waals surface area (Å²) < 4.78 is 69.0. The van der Waals surface area contributed by atoms with Gasteiger partial charge in [-0.2, -0.15) is 0 Å². The lowest BCUT2D eigenvalue weighted by molar-refractivity contribution is -0.161. The lowest BCUT2D eigenvalue weighted by atomic mass is 9.99. The molecule has 0 radical (unpaired) electrons. The largest absolute Gasteiger partial charge is 0.472 e. The van der Waals surface area contributed by atoms with Crippen LogP contribution in [-0.4, -0.2) is 96.7 Å². The second-order valence-corrected chi connectivity index (χ2v) is 35.7. The normalized spacial score (nSPS) is 14.1. The van der Waals surface area contributed by atoms with E-state index in [2.05, 4.69) is 48.5 Å². The molecule has 0 heterocycles. The van der Waals surface area contributed by atoms with Crippen LogP contribution in [0.4, 0.5) is 0 Å². The number of carbonyl (C=O) groups excluding carboxylic acids is 4. The van der Waals surface area contributed by atoms with Gasteiger partial charge in [0.05, 0.1) is 26.4 Å². The third-order valence-corrected chi connectivity index (χ3v) is 22.9. The number of ether oxygens (including phenoxy) is 4. The maximum Gasteiger partial charge on any atom is 0.472 e. The van der Waals surface area contributed by atoms with E-state index in [9.17, 15) is 43.2 Å². The highest BCUT2D eigenvalue weighted by Gasteiger charge is 2.31. The molecule has 636 valence electrons. The van der Waals surface area contributed by atoms with E-state index in [0.717, 1.165) is 108 Å². The van der Waals surface area contributed by atoms with E-state index in [1.165, 1.54) is 276 Å². The Morgan fingerprint density at radius 1 is 0.271 bits per heavy atom. The molecule has 17 nitrogen and oxygen atoms in total. The van der Waals surface area contributed by atoms with Gasteiger partial charge < -0.3 is 33.8 Å². The quantitative estimate of drug-likeness (QED) is 0.0222. The number of hydrogen-bond donors (Lipinski definition) is 3. The Kier molecular flexibility index (Phi) is 76.6. The van der Waals surface area contributed by atoms with Crippen molar-refractivity contribution in [2.45, 2.75) is 484 Å². The van der Waals surface area contributed by atoms with E-state index in [-0.39, 0.29) is 25.7 Å². The van der Waals surface area contributed by atoms with Crippen LogP contribution in [0.1, 0.15) is 466 Å². The van der Waals surface area contributed by atoms with Gasteiger partial charge in [0, 0.05) is 25.7 Å². The van der Waals surface area contributed by atoms with Crippen molar-refractivity contribution < 1.29 is 80.2 Å². The van der Waals surface area contributed by atoms with Crippen LogP contribution in [-0.2, 0) is 65.4 Å². The van der Waals surface area contributed by atoms with Crippen molar-refractivity contribution in [3.8, 4) is 0 Å². The molecule has 0 amide bonds. The monoisotopic (exact) mass is 1560 g/mol. The van der Waals surface area contributed by atoms with Gasteiger partial charge in [0.15, 0.2) is 12.2 Å². The fraction of sp³-hybridized carbons (Fsp3) is 0.955. The lowest BCUT2D eigenvalue weighted by Crippen LogP contribution is -2.30. The van der Waals surface area contributed by atoms with Crippen molar-refractivity contribution in [1.82, 2.24) is 0 Å². The summed E-state index contributed by atoms with van der Waals surface area (Å²) in [4.78, 5) is 73.3. The van der Waals surface area contributed by atoms with Crippen LogP contribution >= 0.6 is 15.6 Å². The molecule has 107 heavy (non-hydrogen) atoms. The van der Waals surface area contributed by atoms with Gasteiger partial charge in [0.2, 0.25) is 0 Å². The maximum atomic E-state index is 13.2. The highest BCUT2D eigenvalue weighted by atomic mass is 31.2. The van der Waals surface area contributed by atoms with Gasteiger partial charge in [0.25, 0.3) is 0 Å². The number of esters is 4. The van der Waals surface area contributed by atoms with E-state index in [1.54, 1.807) is 0 Å². The molecule has 6 atom stereocenters. The molecule has 0 aromatic heterocycles. The first-order valence-corrected chi connectivity index (χ1v) is 48.4. The average Bonchev–Trinajstić information content (AvgIpc) is 0.902. The molecule has 0 fully saturated rings. The van der Waals surface area contributed by atoms with Crippen LogP contribution in [0.2, 0.25) is 0 Å². The van der Waals surface area contributed by atoms with E-state index < -0.39 is 97.5 Å². The van der Waals surface area contributed by atoms with Crippen LogP contribution in [0.3, 0.4) is 0 Å². The van der Waals surface area contributed by atoms with Gasteiger partial charge in [-0.05, 0) is 43.4 Å². The summed E-state index contributed by atoms with van der Waals surface area (Å²) in [6.45, 7) is 12.0. The Balaban J connectivity index is 5.24. The van der Waals surface area contributed by atoms with Crippen LogP contribution in [0.25, 0.3) is 0 Å². The molecule has 0 bridgehead atoms. The molecule has 3 N–H and O–H groups in total. The number of hydrogen-bond acceptors (Lipinski definition) is 15. The number of aliphatic hydroxyl groups excluding tert-OH is 1. The van der Waals surface area contributed by atoms with Crippen molar-refractivity contribution in [3.63, 3.8) is 0 Å². The first-order valence-electron chi connectivity index (χ1n) is 45.4. The molecule has 0 saturated carbocycles. The lowest BCUT2D eigenvalue weighted by Gasteiger charge is -2.21. The molecule has 0 spiro atoms. The molecule has 0 aliphatic carbocycles. The van der Waals surface area contributed by atoms with Crippen molar-refractivity contribution in [2.75, 3.05) is 39.6 Å². The Hall–Kier alpha value is -1.94. The molecular formula is C88H172O17P2. The van der Waals surface area contributed by atoms with Gasteiger partial charge in [-0.3, -0.25) is 37.3 Å². The van der Waals surface area contributed by atoms with Gasteiger partial charge in [-0.15, -0.1) is 0 Å². The summed E-state index contributed by atoms with van der Waals surface area (Å²) in [5.74, 6) is 0.260. The first kappa shape index (κ1) is 105. The fourth-order valence-electron chi connectivity index (χ4n) is 13.7. The summed E-state index contributed by atoms with van der Waals surface area (Å²) in [5, 5.41) is 10.7. The summed E-state index contributed by atoms with van der Waals surface area (Å²) in [5.41, 5.74) is 0. The molecule has 0 aliphatic rings. The van der Waals surface area contributed by atoms with E-state index in [0.29, 0.717) is 25.7 Å². The summed E-state index contributed by atoms with van der Waals surface area (Å²) in [6.07, 6.45) is 69.5. The van der Waals surface area contributed by atoms with Crippen molar-refractivity contribution in [3.05, 3.63) is 0 Å². The Bertz CT molecular complexity index is 2060. The second-order valence-electron chi connectivity index (χ2n) is 32.8. The molecular weight excluding hydrogens is 1390 g/mol. The number of carbonyl (C=O) groups is 4. The van der Waals surface area contributed by atoms with Crippen molar-refractivity contribution in [1.29, 1.82) is 0 Å². The first-order chi connectivity index (χ1) is 51.8. The smallest absolute Gasteiger partial charge is 0.462 e. The maximum absolute atomic E-state index is 13.2. The average molecular weight is 1560 g/mol. The van der Waals surface area contributed by atoms with E-state index in [1.807, 2.05) is 0 Å². The number of phosphoric acid groups is 2. The highest BCUT2D eigenvalue weighted by molar-refractivity contribution is 7.47. The molecule has 0 rings (SSSR count). The minimum atomic E-state index is -4.97. The highest BCUT2D eigenvalue weighted by Crippen LogP contribution is 2.45. The zero-order valence-electron chi connectivity index (χ0n) is 70.6.